The number of methoxy groups -OCH3 is 1. The molecule has 6 heteroatoms. The zero-order valence-electron chi connectivity index (χ0n) is 13.6. The molecule has 1 heterocycles. The first kappa shape index (κ1) is 16.9. The third-order valence-corrected chi connectivity index (χ3v) is 3.75. The van der Waals surface area contributed by atoms with Gasteiger partial charge < -0.3 is 14.6 Å². The zero-order chi connectivity index (χ0) is 17.6. The van der Waals surface area contributed by atoms with Crippen molar-refractivity contribution in [2.24, 2.45) is 0 Å². The highest BCUT2D eigenvalue weighted by molar-refractivity contribution is 5.93. The monoisotopic (exact) mass is 340 g/mol. The van der Waals surface area contributed by atoms with Gasteiger partial charge in [-0.1, -0.05) is 47.6 Å². The molecule has 0 bridgehead atoms. The van der Waals surface area contributed by atoms with Crippen molar-refractivity contribution in [1.29, 1.82) is 0 Å². The van der Waals surface area contributed by atoms with E-state index in [2.05, 4.69) is 10.5 Å². The number of aromatic nitrogens is 1. The smallest absolute Gasteiger partial charge is 0.273 e. The van der Waals surface area contributed by atoms with Crippen molar-refractivity contribution in [2.75, 3.05) is 13.7 Å². The second-order valence-corrected chi connectivity index (χ2v) is 5.43. The Morgan fingerprint density at radius 1 is 1.20 bits per heavy atom. The molecule has 1 atom stereocenters. The second kappa shape index (κ2) is 7.72. The average molecular weight is 340 g/mol. The second-order valence-electron chi connectivity index (χ2n) is 5.43. The van der Waals surface area contributed by atoms with E-state index in [1.54, 1.807) is 18.2 Å². The van der Waals surface area contributed by atoms with Crippen LogP contribution in [0.4, 0.5) is 4.39 Å². The van der Waals surface area contributed by atoms with Crippen LogP contribution in [0.15, 0.2) is 65.2 Å². The Bertz CT molecular complexity index is 849. The lowest BCUT2D eigenvalue weighted by molar-refractivity contribution is 0.0820. The number of nitrogens with zero attached hydrogens (tertiary/aromatic N) is 1. The number of nitrogens with one attached hydrogen (secondary N) is 1. The van der Waals surface area contributed by atoms with Gasteiger partial charge in [0.05, 0.1) is 6.10 Å². The van der Waals surface area contributed by atoms with E-state index in [-0.39, 0.29) is 24.0 Å². The van der Waals surface area contributed by atoms with Crippen molar-refractivity contribution in [1.82, 2.24) is 10.5 Å². The minimum atomic E-state index is -0.458. The molecule has 0 saturated carbocycles. The van der Waals surface area contributed by atoms with E-state index in [4.69, 9.17) is 9.26 Å². The number of ether oxygens (including phenoxy) is 1. The van der Waals surface area contributed by atoms with Crippen molar-refractivity contribution in [3.63, 3.8) is 0 Å². The standard InChI is InChI=1S/C19H17FN2O3/c1-24-18(14-8-5-9-15(20)10-14)12-21-19(23)16-11-17(25-22-16)13-6-3-2-4-7-13/h2-11,18H,12H2,1H3,(H,21,23). The molecule has 3 rings (SSSR count). The molecule has 1 amide bonds. The van der Waals surface area contributed by atoms with Crippen molar-refractivity contribution in [2.45, 2.75) is 6.10 Å². The van der Waals surface area contributed by atoms with Crippen LogP contribution in [0.5, 0.6) is 0 Å². The quantitative estimate of drug-likeness (QED) is 0.745. The average Bonchev–Trinajstić information content (AvgIpc) is 3.13. The van der Waals surface area contributed by atoms with E-state index in [0.717, 1.165) is 5.56 Å². The van der Waals surface area contributed by atoms with Gasteiger partial charge in [0.15, 0.2) is 11.5 Å². The molecule has 1 unspecified atom stereocenters. The Balaban J connectivity index is 1.65. The Kier molecular flexibility index (Phi) is 5.20. The molecule has 5 nitrogen and oxygen atoms in total. The maximum atomic E-state index is 13.3. The summed E-state index contributed by atoms with van der Waals surface area (Å²) in [6.07, 6.45) is -0.458. The molecular weight excluding hydrogens is 323 g/mol. The van der Waals surface area contributed by atoms with Gasteiger partial charge in [-0.15, -0.1) is 0 Å². The number of carbonyl (C=O) groups excluding carboxylic acids is 1. The van der Waals surface area contributed by atoms with Crippen LogP contribution in [0.25, 0.3) is 11.3 Å². The summed E-state index contributed by atoms with van der Waals surface area (Å²) in [5.41, 5.74) is 1.66. The molecule has 0 spiro atoms. The van der Waals surface area contributed by atoms with E-state index >= 15 is 0 Å². The minimum absolute atomic E-state index is 0.174. The fourth-order valence-corrected chi connectivity index (χ4v) is 2.44. The Labute approximate surface area is 144 Å². The molecule has 0 saturated heterocycles. The van der Waals surface area contributed by atoms with Gasteiger partial charge in [0, 0.05) is 25.3 Å². The van der Waals surface area contributed by atoms with Gasteiger partial charge in [-0.05, 0) is 17.7 Å². The predicted octanol–water partition coefficient (Wildman–Crippen LogP) is 3.60. The van der Waals surface area contributed by atoms with Crippen LogP contribution in [-0.4, -0.2) is 24.7 Å². The molecule has 0 aliphatic carbocycles. The molecule has 0 aliphatic heterocycles. The van der Waals surface area contributed by atoms with E-state index in [1.165, 1.54) is 19.2 Å². The summed E-state index contributed by atoms with van der Waals surface area (Å²) in [7, 11) is 1.51. The maximum Gasteiger partial charge on any atom is 0.273 e. The predicted molar refractivity (Wildman–Crippen MR) is 90.4 cm³/mol. The zero-order valence-corrected chi connectivity index (χ0v) is 13.6. The Morgan fingerprint density at radius 3 is 2.72 bits per heavy atom. The molecule has 1 N–H and O–H groups in total. The first-order valence-electron chi connectivity index (χ1n) is 7.76. The van der Waals surface area contributed by atoms with E-state index in [9.17, 15) is 9.18 Å². The van der Waals surface area contributed by atoms with Crippen LogP contribution in [0.2, 0.25) is 0 Å². The number of rotatable bonds is 6. The van der Waals surface area contributed by atoms with E-state index < -0.39 is 6.10 Å². The maximum absolute atomic E-state index is 13.3. The van der Waals surface area contributed by atoms with Gasteiger partial charge in [-0.25, -0.2) is 4.39 Å². The molecule has 128 valence electrons. The SMILES string of the molecule is COC(CNC(=O)c1cc(-c2ccccc2)on1)c1cccc(F)c1. The van der Waals surface area contributed by atoms with Crippen LogP contribution < -0.4 is 5.32 Å². The van der Waals surface area contributed by atoms with Crippen LogP contribution in [-0.2, 0) is 4.74 Å². The normalized spacial score (nSPS) is 11.9. The number of hydrogen-bond donors (Lipinski definition) is 1. The Hall–Kier alpha value is -2.99. The van der Waals surface area contributed by atoms with Gasteiger partial charge in [-0.3, -0.25) is 4.79 Å². The van der Waals surface area contributed by atoms with Gasteiger partial charge in [0.25, 0.3) is 5.91 Å². The lowest BCUT2D eigenvalue weighted by Crippen LogP contribution is -2.29. The van der Waals surface area contributed by atoms with E-state index in [1.807, 2.05) is 30.3 Å². The van der Waals surface area contributed by atoms with Gasteiger partial charge in [-0.2, -0.15) is 0 Å². The van der Waals surface area contributed by atoms with Crippen molar-refractivity contribution >= 4 is 5.91 Å². The van der Waals surface area contributed by atoms with Crippen LogP contribution >= 0.6 is 0 Å². The third kappa shape index (κ3) is 4.10. The van der Waals surface area contributed by atoms with Crippen molar-refractivity contribution in [3.05, 3.63) is 77.7 Å². The number of benzene rings is 2. The summed E-state index contributed by atoms with van der Waals surface area (Å²) in [5, 5.41) is 6.52. The highest BCUT2D eigenvalue weighted by atomic mass is 19.1. The third-order valence-electron chi connectivity index (χ3n) is 3.75. The van der Waals surface area contributed by atoms with Crippen LogP contribution in [0, 0.1) is 5.82 Å². The molecule has 1 aromatic heterocycles. The number of hydrogen-bond acceptors (Lipinski definition) is 4. The summed E-state index contributed by atoms with van der Waals surface area (Å²) in [4.78, 5) is 12.2. The number of halogens is 1. The first-order valence-corrected chi connectivity index (χ1v) is 7.76. The molecule has 0 fully saturated rings. The summed E-state index contributed by atoms with van der Waals surface area (Å²) >= 11 is 0. The molecule has 3 aromatic rings. The summed E-state index contributed by atoms with van der Waals surface area (Å²) < 4.78 is 23.9. The lowest BCUT2D eigenvalue weighted by Gasteiger charge is -2.16. The van der Waals surface area contributed by atoms with Gasteiger partial charge in [0.1, 0.15) is 5.82 Å². The molecular formula is C19H17FN2O3. The van der Waals surface area contributed by atoms with Crippen molar-refractivity contribution < 1.29 is 18.4 Å². The number of amides is 1. The minimum Gasteiger partial charge on any atom is -0.375 e. The highest BCUT2D eigenvalue weighted by Gasteiger charge is 2.17. The van der Waals surface area contributed by atoms with Gasteiger partial charge in [0.2, 0.25) is 0 Å². The fraction of sp³-hybridized carbons (Fsp3) is 0.158. The Morgan fingerprint density at radius 2 is 2.00 bits per heavy atom. The van der Waals surface area contributed by atoms with Crippen LogP contribution in [0.1, 0.15) is 22.2 Å². The summed E-state index contributed by atoms with van der Waals surface area (Å²) in [6, 6.07) is 17.0. The van der Waals surface area contributed by atoms with Crippen LogP contribution in [0.3, 0.4) is 0 Å². The van der Waals surface area contributed by atoms with Gasteiger partial charge >= 0.3 is 0 Å². The molecule has 0 radical (unpaired) electrons. The summed E-state index contributed by atoms with van der Waals surface area (Å²) in [6.45, 7) is 0.187. The molecule has 0 aliphatic rings. The number of carbonyl (C=O) groups is 1. The topological polar surface area (TPSA) is 64.4 Å². The molecule has 25 heavy (non-hydrogen) atoms. The largest absolute Gasteiger partial charge is 0.375 e. The van der Waals surface area contributed by atoms with E-state index in [0.29, 0.717) is 11.3 Å². The van der Waals surface area contributed by atoms with Crippen molar-refractivity contribution in [3.8, 4) is 11.3 Å². The fourth-order valence-electron chi connectivity index (χ4n) is 2.44. The molecule has 2 aromatic carbocycles. The highest BCUT2D eigenvalue weighted by Crippen LogP contribution is 2.20. The lowest BCUT2D eigenvalue weighted by atomic mass is 10.1. The first-order chi connectivity index (χ1) is 12.2. The summed E-state index contributed by atoms with van der Waals surface area (Å²) in [5.74, 6) is -0.224.